The van der Waals surface area contributed by atoms with E-state index in [1.807, 2.05) is 18.2 Å². The minimum atomic E-state index is -0.181. The Morgan fingerprint density at radius 2 is 2.06 bits per heavy atom. The second-order valence-electron chi connectivity index (χ2n) is 7.71. The van der Waals surface area contributed by atoms with Crippen molar-refractivity contribution < 1.29 is 9.47 Å². The maximum Gasteiger partial charge on any atom is 0.282 e. The van der Waals surface area contributed by atoms with Crippen molar-refractivity contribution in [3.05, 3.63) is 63.2 Å². The van der Waals surface area contributed by atoms with E-state index in [1.54, 1.807) is 24.4 Å². The van der Waals surface area contributed by atoms with Crippen molar-refractivity contribution in [2.24, 2.45) is 5.10 Å². The van der Waals surface area contributed by atoms with Gasteiger partial charge in [0.2, 0.25) is 0 Å². The molecule has 0 aliphatic heterocycles. The van der Waals surface area contributed by atoms with Gasteiger partial charge >= 0.3 is 0 Å². The van der Waals surface area contributed by atoms with Crippen LogP contribution in [0.2, 0.25) is 5.02 Å². The van der Waals surface area contributed by atoms with Crippen LogP contribution in [-0.2, 0) is 0 Å². The molecule has 0 N–H and O–H groups in total. The smallest absolute Gasteiger partial charge is 0.282 e. The van der Waals surface area contributed by atoms with Crippen molar-refractivity contribution in [3.8, 4) is 23.8 Å². The van der Waals surface area contributed by atoms with Gasteiger partial charge in [0, 0.05) is 5.92 Å². The summed E-state index contributed by atoms with van der Waals surface area (Å²) in [6, 6.07) is 10.8. The highest BCUT2D eigenvalue weighted by molar-refractivity contribution is 6.32. The molecular formula is C25H24ClN3O3. The number of hydrogen-bond acceptors (Lipinski definition) is 5. The summed E-state index contributed by atoms with van der Waals surface area (Å²) in [6.07, 6.45) is 12.3. The van der Waals surface area contributed by atoms with E-state index in [0.29, 0.717) is 38.8 Å². The first-order valence-corrected chi connectivity index (χ1v) is 11.0. The molecule has 0 amide bonds. The highest BCUT2D eigenvalue weighted by atomic mass is 35.5. The summed E-state index contributed by atoms with van der Waals surface area (Å²) >= 11 is 6.38. The molecule has 4 rings (SSSR count). The van der Waals surface area contributed by atoms with Crippen molar-refractivity contribution >= 4 is 28.7 Å². The Morgan fingerprint density at radius 1 is 1.28 bits per heavy atom. The zero-order valence-corrected chi connectivity index (χ0v) is 18.6. The van der Waals surface area contributed by atoms with Crippen LogP contribution in [0.1, 0.15) is 49.4 Å². The molecule has 1 heterocycles. The maximum absolute atomic E-state index is 13.3. The Hall–Kier alpha value is -3.30. The zero-order chi connectivity index (χ0) is 22.5. The molecule has 1 saturated carbocycles. The Kier molecular flexibility index (Phi) is 6.77. The van der Waals surface area contributed by atoms with E-state index in [2.05, 4.69) is 11.0 Å². The topological polar surface area (TPSA) is 65.7 Å². The molecule has 32 heavy (non-hydrogen) atoms. The van der Waals surface area contributed by atoms with Gasteiger partial charge in [0.05, 0.1) is 29.2 Å². The monoisotopic (exact) mass is 449 g/mol. The van der Waals surface area contributed by atoms with Gasteiger partial charge in [-0.2, -0.15) is 9.78 Å². The van der Waals surface area contributed by atoms with Crippen LogP contribution < -0.4 is 15.0 Å². The number of nitrogens with zero attached hydrogens (tertiary/aromatic N) is 3. The Labute approximate surface area is 191 Å². The number of benzene rings is 2. The SMILES string of the molecule is C#CCOc1c(Cl)cc(C=Nn2c(C3CCCCC3)nc3ccccc3c2=O)cc1OC. The number of methoxy groups -OCH3 is 1. The van der Waals surface area contributed by atoms with Crippen LogP contribution >= 0.6 is 11.6 Å². The highest BCUT2D eigenvalue weighted by Gasteiger charge is 2.22. The minimum Gasteiger partial charge on any atom is -0.493 e. The predicted molar refractivity (Wildman–Crippen MR) is 127 cm³/mol. The van der Waals surface area contributed by atoms with Gasteiger partial charge in [0.1, 0.15) is 12.4 Å². The lowest BCUT2D eigenvalue weighted by Gasteiger charge is -2.22. The Morgan fingerprint density at radius 3 is 2.81 bits per heavy atom. The molecule has 0 atom stereocenters. The van der Waals surface area contributed by atoms with Gasteiger partial charge in [0.15, 0.2) is 11.5 Å². The zero-order valence-electron chi connectivity index (χ0n) is 17.9. The van der Waals surface area contributed by atoms with Gasteiger partial charge in [-0.05, 0) is 42.7 Å². The molecule has 0 unspecified atom stereocenters. The number of aromatic nitrogens is 2. The van der Waals surface area contributed by atoms with E-state index in [-0.39, 0.29) is 18.1 Å². The van der Waals surface area contributed by atoms with Crippen LogP contribution in [0, 0.1) is 12.3 Å². The van der Waals surface area contributed by atoms with Gasteiger partial charge < -0.3 is 9.47 Å². The molecule has 6 nitrogen and oxygen atoms in total. The first-order chi connectivity index (χ1) is 15.6. The second kappa shape index (κ2) is 9.88. The molecule has 1 fully saturated rings. The number of ether oxygens (including phenoxy) is 2. The van der Waals surface area contributed by atoms with Gasteiger partial charge in [0.25, 0.3) is 5.56 Å². The van der Waals surface area contributed by atoms with E-state index in [4.69, 9.17) is 32.5 Å². The van der Waals surface area contributed by atoms with Crippen LogP contribution in [0.15, 0.2) is 46.3 Å². The lowest BCUT2D eigenvalue weighted by molar-refractivity contribution is 0.331. The average Bonchev–Trinajstić information content (AvgIpc) is 2.83. The molecule has 164 valence electrons. The van der Waals surface area contributed by atoms with Gasteiger partial charge in [-0.3, -0.25) is 4.79 Å². The van der Waals surface area contributed by atoms with E-state index in [9.17, 15) is 4.79 Å². The second-order valence-corrected chi connectivity index (χ2v) is 8.12. The minimum absolute atomic E-state index is 0.0758. The largest absolute Gasteiger partial charge is 0.493 e. The van der Waals surface area contributed by atoms with E-state index in [1.165, 1.54) is 18.2 Å². The van der Waals surface area contributed by atoms with E-state index < -0.39 is 0 Å². The summed E-state index contributed by atoms with van der Waals surface area (Å²) in [6.45, 7) is 0.0758. The number of halogens is 1. The number of para-hydroxylation sites is 1. The van der Waals surface area contributed by atoms with E-state index >= 15 is 0 Å². The summed E-state index contributed by atoms with van der Waals surface area (Å²) in [7, 11) is 1.52. The summed E-state index contributed by atoms with van der Waals surface area (Å²) in [4.78, 5) is 18.1. The molecule has 0 saturated heterocycles. The van der Waals surface area contributed by atoms with Crippen molar-refractivity contribution in [3.63, 3.8) is 0 Å². The van der Waals surface area contributed by atoms with Crippen LogP contribution in [0.3, 0.4) is 0 Å². The summed E-state index contributed by atoms with van der Waals surface area (Å²) in [5.41, 5.74) is 1.18. The lowest BCUT2D eigenvalue weighted by atomic mass is 9.88. The third-order valence-electron chi connectivity index (χ3n) is 5.62. The summed E-state index contributed by atoms with van der Waals surface area (Å²) < 4.78 is 12.3. The van der Waals surface area contributed by atoms with Crippen LogP contribution in [0.25, 0.3) is 10.9 Å². The van der Waals surface area contributed by atoms with Crippen molar-refractivity contribution in [2.45, 2.75) is 38.0 Å². The molecular weight excluding hydrogens is 426 g/mol. The predicted octanol–water partition coefficient (Wildman–Crippen LogP) is 5.00. The standard InChI is InChI=1S/C25H24ClN3O3/c1-3-13-32-23-20(26)14-17(15-22(23)31-2)16-27-29-24(18-9-5-4-6-10-18)28-21-12-8-7-11-19(21)25(29)30/h1,7-8,11-12,14-16,18H,4-6,9-10,13H2,2H3. The van der Waals surface area contributed by atoms with Crippen LogP contribution in [0.4, 0.5) is 0 Å². The number of terminal acetylenes is 1. The molecule has 1 aromatic heterocycles. The number of rotatable bonds is 6. The number of hydrogen-bond donors (Lipinski definition) is 0. The Balaban J connectivity index is 1.78. The fourth-order valence-electron chi connectivity index (χ4n) is 4.07. The van der Waals surface area contributed by atoms with Gasteiger partial charge in [-0.25, -0.2) is 4.98 Å². The first kappa shape index (κ1) is 21.9. The fourth-order valence-corrected chi connectivity index (χ4v) is 4.34. The van der Waals surface area contributed by atoms with Crippen molar-refractivity contribution in [2.75, 3.05) is 13.7 Å². The van der Waals surface area contributed by atoms with Gasteiger partial charge in [-0.15, -0.1) is 6.42 Å². The molecule has 7 heteroatoms. The maximum atomic E-state index is 13.3. The van der Waals surface area contributed by atoms with Gasteiger partial charge in [-0.1, -0.05) is 48.9 Å². The summed E-state index contributed by atoms with van der Waals surface area (Å²) in [5, 5.41) is 5.42. The van der Waals surface area contributed by atoms with Crippen LogP contribution in [0.5, 0.6) is 11.5 Å². The van der Waals surface area contributed by atoms with Crippen molar-refractivity contribution in [1.82, 2.24) is 9.66 Å². The third-order valence-corrected chi connectivity index (χ3v) is 5.90. The summed E-state index contributed by atoms with van der Waals surface area (Å²) in [5.74, 6) is 4.12. The molecule has 0 radical (unpaired) electrons. The van der Waals surface area contributed by atoms with Crippen molar-refractivity contribution in [1.29, 1.82) is 0 Å². The molecule has 2 aromatic carbocycles. The lowest BCUT2D eigenvalue weighted by Crippen LogP contribution is -2.25. The Bertz CT molecular complexity index is 1250. The normalized spacial score (nSPS) is 14.5. The average molecular weight is 450 g/mol. The van der Waals surface area contributed by atoms with Crippen LogP contribution in [-0.4, -0.2) is 29.6 Å². The molecule has 1 aliphatic carbocycles. The third kappa shape index (κ3) is 4.49. The molecule has 0 bridgehead atoms. The fraction of sp³-hybridized carbons (Fsp3) is 0.320. The molecule has 1 aliphatic rings. The quantitative estimate of drug-likeness (QED) is 0.392. The number of fused-ring (bicyclic) bond motifs is 1. The highest BCUT2D eigenvalue weighted by Crippen LogP contribution is 2.36. The molecule has 3 aromatic rings. The first-order valence-electron chi connectivity index (χ1n) is 10.6. The molecule has 0 spiro atoms. The van der Waals surface area contributed by atoms with E-state index in [0.717, 1.165) is 25.7 Å².